The Balaban J connectivity index is 2.64. The van der Waals surface area contributed by atoms with Crippen molar-refractivity contribution in [2.24, 2.45) is 5.41 Å². The standard InChI is InChI=1S/C14H23NO4/c1-13(2,3)19-12(17)15-10(14(4)8-9-14)6-7-11(16)18-5/h6-7,10H,8-9H2,1-5H3,(H,15,17). The average Bonchev–Trinajstić information content (AvgIpc) is 3.00. The van der Waals surface area contributed by atoms with Crippen LogP contribution in [0.5, 0.6) is 0 Å². The molecule has 1 rings (SSSR count). The minimum Gasteiger partial charge on any atom is -0.466 e. The van der Waals surface area contributed by atoms with Crippen molar-refractivity contribution in [2.45, 2.75) is 52.2 Å². The lowest BCUT2D eigenvalue weighted by Crippen LogP contribution is -2.42. The highest BCUT2D eigenvalue weighted by molar-refractivity contribution is 5.82. The summed E-state index contributed by atoms with van der Waals surface area (Å²) in [6.07, 6.45) is 4.56. The van der Waals surface area contributed by atoms with Crippen LogP contribution in [0.3, 0.4) is 0 Å². The number of nitrogens with one attached hydrogen (secondary N) is 1. The van der Waals surface area contributed by atoms with E-state index in [-0.39, 0.29) is 11.5 Å². The van der Waals surface area contributed by atoms with Crippen LogP contribution in [0.15, 0.2) is 12.2 Å². The fraction of sp³-hybridized carbons (Fsp3) is 0.714. The maximum atomic E-state index is 11.8. The van der Waals surface area contributed by atoms with Gasteiger partial charge in [0.2, 0.25) is 0 Å². The molecule has 1 atom stereocenters. The third-order valence-corrected chi connectivity index (χ3v) is 3.09. The molecular weight excluding hydrogens is 246 g/mol. The number of carbonyl (C=O) groups is 2. The Morgan fingerprint density at radius 2 is 1.89 bits per heavy atom. The van der Waals surface area contributed by atoms with E-state index in [0.29, 0.717) is 0 Å². The number of hydrogen-bond donors (Lipinski definition) is 1. The molecule has 5 nitrogen and oxygen atoms in total. The fourth-order valence-electron chi connectivity index (χ4n) is 1.64. The van der Waals surface area contributed by atoms with Crippen LogP contribution >= 0.6 is 0 Å². The van der Waals surface area contributed by atoms with E-state index in [9.17, 15) is 9.59 Å². The van der Waals surface area contributed by atoms with E-state index in [1.54, 1.807) is 6.08 Å². The highest BCUT2D eigenvalue weighted by Crippen LogP contribution is 2.48. The van der Waals surface area contributed by atoms with Crippen molar-refractivity contribution in [1.82, 2.24) is 5.32 Å². The number of carbonyl (C=O) groups excluding carboxylic acids is 2. The van der Waals surface area contributed by atoms with Gasteiger partial charge in [0, 0.05) is 6.08 Å². The number of rotatable bonds is 4. The second-order valence-corrected chi connectivity index (χ2v) is 6.16. The quantitative estimate of drug-likeness (QED) is 0.628. The molecule has 0 radical (unpaired) electrons. The molecule has 0 aromatic carbocycles. The zero-order valence-electron chi connectivity index (χ0n) is 12.3. The van der Waals surface area contributed by atoms with Gasteiger partial charge in [0.1, 0.15) is 5.60 Å². The molecule has 0 aliphatic heterocycles. The monoisotopic (exact) mass is 269 g/mol. The van der Waals surface area contributed by atoms with Crippen LogP contribution in [-0.2, 0) is 14.3 Å². The molecule has 0 heterocycles. The lowest BCUT2D eigenvalue weighted by molar-refractivity contribution is -0.134. The van der Waals surface area contributed by atoms with Crippen molar-refractivity contribution in [3.05, 3.63) is 12.2 Å². The first-order chi connectivity index (χ1) is 8.66. The fourth-order valence-corrected chi connectivity index (χ4v) is 1.64. The first kappa shape index (κ1) is 15.5. The first-order valence-electron chi connectivity index (χ1n) is 6.42. The zero-order valence-corrected chi connectivity index (χ0v) is 12.3. The second-order valence-electron chi connectivity index (χ2n) is 6.16. The van der Waals surface area contributed by atoms with Crippen LogP contribution < -0.4 is 5.32 Å². The normalized spacial score (nSPS) is 18.8. The first-order valence-corrected chi connectivity index (χ1v) is 6.42. The van der Waals surface area contributed by atoms with Gasteiger partial charge in [-0.25, -0.2) is 9.59 Å². The SMILES string of the molecule is COC(=O)C=CC(NC(=O)OC(C)(C)C)C1(C)CC1. The third-order valence-electron chi connectivity index (χ3n) is 3.09. The molecule has 0 aromatic heterocycles. The molecule has 0 bridgehead atoms. The summed E-state index contributed by atoms with van der Waals surface area (Å²) >= 11 is 0. The summed E-state index contributed by atoms with van der Waals surface area (Å²) in [5.74, 6) is -0.430. The van der Waals surface area contributed by atoms with E-state index >= 15 is 0 Å². The Morgan fingerprint density at radius 1 is 1.32 bits per heavy atom. The van der Waals surface area contributed by atoms with Crippen molar-refractivity contribution in [1.29, 1.82) is 0 Å². The summed E-state index contributed by atoms with van der Waals surface area (Å²) in [5.41, 5.74) is -0.535. The van der Waals surface area contributed by atoms with Gasteiger partial charge < -0.3 is 14.8 Å². The van der Waals surface area contributed by atoms with Gasteiger partial charge in [-0.15, -0.1) is 0 Å². The van der Waals surface area contributed by atoms with Crippen LogP contribution in [0.1, 0.15) is 40.5 Å². The molecule has 1 aliphatic rings. The summed E-state index contributed by atoms with van der Waals surface area (Å²) < 4.78 is 9.77. The van der Waals surface area contributed by atoms with Gasteiger partial charge in [0.15, 0.2) is 0 Å². The number of alkyl carbamates (subject to hydrolysis) is 1. The maximum Gasteiger partial charge on any atom is 0.408 e. The molecule has 0 spiro atoms. The second kappa shape index (κ2) is 5.63. The largest absolute Gasteiger partial charge is 0.466 e. The Kier molecular flexibility index (Phi) is 4.61. The van der Waals surface area contributed by atoms with Gasteiger partial charge in [-0.2, -0.15) is 0 Å². The summed E-state index contributed by atoms with van der Waals surface area (Å²) in [6.45, 7) is 7.50. The Labute approximate surface area is 114 Å². The van der Waals surface area contributed by atoms with Crippen molar-refractivity contribution in [3.63, 3.8) is 0 Å². The van der Waals surface area contributed by atoms with Crippen molar-refractivity contribution >= 4 is 12.1 Å². The van der Waals surface area contributed by atoms with E-state index in [4.69, 9.17) is 4.74 Å². The van der Waals surface area contributed by atoms with Crippen molar-refractivity contribution in [2.75, 3.05) is 7.11 Å². The van der Waals surface area contributed by atoms with Gasteiger partial charge in [-0.1, -0.05) is 13.0 Å². The minimum atomic E-state index is -0.537. The smallest absolute Gasteiger partial charge is 0.408 e. The number of methoxy groups -OCH3 is 1. The van der Waals surface area contributed by atoms with Crippen LogP contribution in [0.4, 0.5) is 4.79 Å². The van der Waals surface area contributed by atoms with Crippen LogP contribution in [-0.4, -0.2) is 30.8 Å². The third kappa shape index (κ3) is 5.32. The number of hydrogen-bond acceptors (Lipinski definition) is 4. The molecule has 1 N–H and O–H groups in total. The Hall–Kier alpha value is -1.52. The molecule has 108 valence electrons. The highest BCUT2D eigenvalue weighted by atomic mass is 16.6. The Morgan fingerprint density at radius 3 is 2.32 bits per heavy atom. The topological polar surface area (TPSA) is 64.6 Å². The van der Waals surface area contributed by atoms with E-state index in [0.717, 1.165) is 12.8 Å². The number of ether oxygens (including phenoxy) is 2. The molecule has 1 fully saturated rings. The predicted molar refractivity (Wildman–Crippen MR) is 71.7 cm³/mol. The number of amides is 1. The van der Waals surface area contributed by atoms with E-state index in [1.165, 1.54) is 13.2 Å². The molecule has 19 heavy (non-hydrogen) atoms. The van der Waals surface area contributed by atoms with Crippen molar-refractivity contribution < 1.29 is 19.1 Å². The van der Waals surface area contributed by atoms with Crippen molar-refractivity contribution in [3.8, 4) is 0 Å². The van der Waals surface area contributed by atoms with Crippen LogP contribution in [0.25, 0.3) is 0 Å². The number of esters is 1. The lowest BCUT2D eigenvalue weighted by Gasteiger charge is -2.25. The highest BCUT2D eigenvalue weighted by Gasteiger charge is 2.44. The lowest BCUT2D eigenvalue weighted by atomic mass is 9.98. The van der Waals surface area contributed by atoms with E-state index in [2.05, 4.69) is 17.0 Å². The Bertz CT molecular complexity index is 377. The summed E-state index contributed by atoms with van der Waals surface area (Å²) in [6, 6.07) is -0.221. The minimum absolute atomic E-state index is 0.00141. The predicted octanol–water partition coefficient (Wildman–Crippen LogP) is 2.41. The molecule has 1 unspecified atom stereocenters. The summed E-state index contributed by atoms with van der Waals surface area (Å²) in [5, 5.41) is 2.80. The summed E-state index contributed by atoms with van der Waals surface area (Å²) in [4.78, 5) is 22.9. The average molecular weight is 269 g/mol. The van der Waals surface area contributed by atoms with Gasteiger partial charge in [0.05, 0.1) is 13.2 Å². The molecule has 1 amide bonds. The van der Waals surface area contributed by atoms with Gasteiger partial charge in [-0.3, -0.25) is 0 Å². The zero-order chi connectivity index (χ0) is 14.7. The molecule has 5 heteroatoms. The van der Waals surface area contributed by atoms with Crippen LogP contribution in [0.2, 0.25) is 0 Å². The van der Waals surface area contributed by atoms with Gasteiger partial charge in [-0.05, 0) is 39.0 Å². The van der Waals surface area contributed by atoms with Gasteiger partial charge in [0.25, 0.3) is 0 Å². The summed E-state index contributed by atoms with van der Waals surface area (Å²) in [7, 11) is 1.32. The van der Waals surface area contributed by atoms with Crippen LogP contribution in [0, 0.1) is 5.41 Å². The molecule has 0 saturated heterocycles. The van der Waals surface area contributed by atoms with E-state index < -0.39 is 17.7 Å². The molecule has 0 aromatic rings. The van der Waals surface area contributed by atoms with Gasteiger partial charge >= 0.3 is 12.1 Å². The molecule has 1 aliphatic carbocycles. The van der Waals surface area contributed by atoms with E-state index in [1.807, 2.05) is 20.8 Å². The molecular formula is C14H23NO4. The molecule has 1 saturated carbocycles. The maximum absolute atomic E-state index is 11.8.